The molecule has 0 atom stereocenters. The van der Waals surface area contributed by atoms with Crippen LogP contribution < -0.4 is 15.4 Å². The third-order valence-electron chi connectivity index (χ3n) is 2.88. The molecule has 0 aliphatic heterocycles. The van der Waals surface area contributed by atoms with Crippen LogP contribution in [0.3, 0.4) is 0 Å². The zero-order valence-corrected chi connectivity index (χ0v) is 15.0. The van der Waals surface area contributed by atoms with E-state index >= 15 is 0 Å². The number of rotatable bonds is 7. The van der Waals surface area contributed by atoms with E-state index in [-0.39, 0.29) is 6.10 Å². The number of thiocarbonyl (C=S) groups is 1. The minimum atomic E-state index is 0.179. The minimum Gasteiger partial charge on any atom is -0.491 e. The van der Waals surface area contributed by atoms with Crippen LogP contribution >= 0.6 is 24.0 Å². The maximum Gasteiger partial charge on any atom is 0.170 e. The van der Waals surface area contributed by atoms with Gasteiger partial charge < -0.3 is 15.4 Å². The molecule has 23 heavy (non-hydrogen) atoms. The number of hydrogen-bond donors (Lipinski definition) is 2. The zero-order chi connectivity index (χ0) is 16.5. The van der Waals surface area contributed by atoms with Crippen LogP contribution in [0.15, 0.2) is 59.5 Å². The first-order valence-corrected chi connectivity index (χ1v) is 9.02. The van der Waals surface area contributed by atoms with Crippen molar-refractivity contribution in [2.24, 2.45) is 0 Å². The summed E-state index contributed by atoms with van der Waals surface area (Å²) < 4.78 is 5.62. The topological polar surface area (TPSA) is 33.3 Å². The van der Waals surface area contributed by atoms with Gasteiger partial charge in [0.2, 0.25) is 0 Å². The van der Waals surface area contributed by atoms with E-state index in [9.17, 15) is 0 Å². The first kappa shape index (κ1) is 17.6. The first-order chi connectivity index (χ1) is 11.1. The second-order valence-electron chi connectivity index (χ2n) is 5.23. The molecule has 2 N–H and O–H groups in total. The highest BCUT2D eigenvalue weighted by Crippen LogP contribution is 2.17. The van der Waals surface area contributed by atoms with Gasteiger partial charge in [-0.1, -0.05) is 18.2 Å². The van der Waals surface area contributed by atoms with E-state index in [1.165, 1.54) is 4.90 Å². The van der Waals surface area contributed by atoms with Crippen molar-refractivity contribution in [3.8, 4) is 5.75 Å². The molecule has 3 nitrogen and oxygen atoms in total. The van der Waals surface area contributed by atoms with Gasteiger partial charge in [0.25, 0.3) is 0 Å². The van der Waals surface area contributed by atoms with Crippen LogP contribution in [0.4, 0.5) is 5.69 Å². The van der Waals surface area contributed by atoms with Crippen LogP contribution in [0.5, 0.6) is 5.75 Å². The highest BCUT2D eigenvalue weighted by atomic mass is 32.2. The number of thioether (sulfide) groups is 1. The van der Waals surface area contributed by atoms with Crippen molar-refractivity contribution in [2.45, 2.75) is 24.8 Å². The molecule has 0 heterocycles. The van der Waals surface area contributed by atoms with E-state index < -0.39 is 0 Å². The maximum atomic E-state index is 5.62. The standard InChI is InChI=1S/C18H22N2OS2/c1-14(2)21-16-10-8-15(9-11-16)20-18(22)19-12-13-23-17-6-4-3-5-7-17/h3-11,14H,12-13H2,1-2H3,(H2,19,20,22). The van der Waals surface area contributed by atoms with Crippen molar-refractivity contribution in [1.29, 1.82) is 0 Å². The third-order valence-corrected chi connectivity index (χ3v) is 4.14. The maximum absolute atomic E-state index is 5.62. The second-order valence-corrected chi connectivity index (χ2v) is 6.81. The van der Waals surface area contributed by atoms with E-state index in [1.807, 2.05) is 55.9 Å². The van der Waals surface area contributed by atoms with Crippen LogP contribution in [0, 0.1) is 0 Å². The molecule has 2 aromatic rings. The molecule has 122 valence electrons. The molecule has 0 radical (unpaired) electrons. The average molecular weight is 347 g/mol. The SMILES string of the molecule is CC(C)Oc1ccc(NC(=S)NCCSc2ccccc2)cc1. The predicted octanol–water partition coefficient (Wildman–Crippen LogP) is 4.55. The zero-order valence-electron chi connectivity index (χ0n) is 13.4. The van der Waals surface area contributed by atoms with Crippen molar-refractivity contribution < 1.29 is 4.74 Å². The summed E-state index contributed by atoms with van der Waals surface area (Å²) in [5.74, 6) is 1.83. The number of nitrogens with one attached hydrogen (secondary N) is 2. The van der Waals surface area contributed by atoms with Gasteiger partial charge in [0.05, 0.1) is 6.10 Å². The summed E-state index contributed by atoms with van der Waals surface area (Å²) in [7, 11) is 0. The van der Waals surface area contributed by atoms with E-state index in [0.717, 1.165) is 23.7 Å². The highest BCUT2D eigenvalue weighted by molar-refractivity contribution is 7.99. The molecule has 0 aliphatic carbocycles. The Hall–Kier alpha value is -1.72. The van der Waals surface area contributed by atoms with E-state index in [0.29, 0.717) is 5.11 Å². The Morgan fingerprint density at radius 2 is 1.78 bits per heavy atom. The fraction of sp³-hybridized carbons (Fsp3) is 0.278. The molecular formula is C18H22N2OS2. The van der Waals surface area contributed by atoms with Crippen molar-refractivity contribution in [2.75, 3.05) is 17.6 Å². The second kappa shape index (κ2) is 9.43. The lowest BCUT2D eigenvalue weighted by Crippen LogP contribution is -2.30. The van der Waals surface area contributed by atoms with Gasteiger partial charge in [-0.2, -0.15) is 0 Å². The Morgan fingerprint density at radius 3 is 2.43 bits per heavy atom. The van der Waals surface area contributed by atoms with Gasteiger partial charge in [0.15, 0.2) is 5.11 Å². The summed E-state index contributed by atoms with van der Waals surface area (Å²) in [6.45, 7) is 4.84. The molecule has 5 heteroatoms. The number of ether oxygens (including phenoxy) is 1. The van der Waals surface area contributed by atoms with Crippen LogP contribution in [-0.2, 0) is 0 Å². The molecule has 0 aromatic heterocycles. The Bertz CT molecular complexity index is 600. The molecule has 0 spiro atoms. The van der Waals surface area contributed by atoms with Gasteiger partial charge in [-0.15, -0.1) is 11.8 Å². The molecule has 0 fully saturated rings. The monoisotopic (exact) mass is 346 g/mol. The number of anilines is 1. The van der Waals surface area contributed by atoms with Gasteiger partial charge in [0, 0.05) is 22.9 Å². The van der Waals surface area contributed by atoms with Crippen molar-refractivity contribution >= 4 is 34.8 Å². The Morgan fingerprint density at radius 1 is 1.09 bits per heavy atom. The van der Waals surface area contributed by atoms with E-state index in [1.54, 1.807) is 0 Å². The average Bonchev–Trinajstić information content (AvgIpc) is 2.54. The van der Waals surface area contributed by atoms with Crippen molar-refractivity contribution in [3.05, 3.63) is 54.6 Å². The van der Waals surface area contributed by atoms with Gasteiger partial charge in [-0.05, 0) is 62.5 Å². The van der Waals surface area contributed by atoms with Crippen molar-refractivity contribution in [3.63, 3.8) is 0 Å². The molecule has 2 rings (SSSR count). The number of benzene rings is 2. The molecule has 0 saturated carbocycles. The van der Waals surface area contributed by atoms with E-state index in [2.05, 4.69) is 34.9 Å². The molecule has 0 saturated heterocycles. The molecule has 0 amide bonds. The smallest absolute Gasteiger partial charge is 0.170 e. The first-order valence-electron chi connectivity index (χ1n) is 7.63. The predicted molar refractivity (Wildman–Crippen MR) is 104 cm³/mol. The van der Waals surface area contributed by atoms with Gasteiger partial charge in [-0.25, -0.2) is 0 Å². The number of hydrogen-bond acceptors (Lipinski definition) is 3. The Labute approximate surface area is 147 Å². The lowest BCUT2D eigenvalue weighted by atomic mass is 10.3. The Kier molecular flexibility index (Phi) is 7.23. The summed E-state index contributed by atoms with van der Waals surface area (Å²) in [6.07, 6.45) is 0.179. The Balaban J connectivity index is 1.68. The van der Waals surface area contributed by atoms with Gasteiger partial charge >= 0.3 is 0 Å². The molecular weight excluding hydrogens is 324 g/mol. The summed E-state index contributed by atoms with van der Waals surface area (Å²) in [6, 6.07) is 18.2. The van der Waals surface area contributed by atoms with Gasteiger partial charge in [0.1, 0.15) is 5.75 Å². The van der Waals surface area contributed by atoms with E-state index in [4.69, 9.17) is 17.0 Å². The summed E-state index contributed by atoms with van der Waals surface area (Å²) >= 11 is 7.12. The highest BCUT2D eigenvalue weighted by Gasteiger charge is 2.00. The lowest BCUT2D eigenvalue weighted by Gasteiger charge is -2.12. The van der Waals surface area contributed by atoms with Crippen molar-refractivity contribution in [1.82, 2.24) is 5.32 Å². The summed E-state index contributed by atoms with van der Waals surface area (Å²) in [5, 5.41) is 7.03. The van der Waals surface area contributed by atoms with Crippen LogP contribution in [0.25, 0.3) is 0 Å². The largest absolute Gasteiger partial charge is 0.491 e. The molecule has 0 bridgehead atoms. The van der Waals surface area contributed by atoms with Crippen LogP contribution in [-0.4, -0.2) is 23.5 Å². The van der Waals surface area contributed by atoms with Crippen LogP contribution in [0.2, 0.25) is 0 Å². The summed E-state index contributed by atoms with van der Waals surface area (Å²) in [5.41, 5.74) is 0.953. The van der Waals surface area contributed by atoms with Gasteiger partial charge in [-0.3, -0.25) is 0 Å². The normalized spacial score (nSPS) is 10.4. The third kappa shape index (κ3) is 6.93. The fourth-order valence-electron chi connectivity index (χ4n) is 1.91. The quantitative estimate of drug-likeness (QED) is 0.436. The summed E-state index contributed by atoms with van der Waals surface area (Å²) in [4.78, 5) is 1.27. The minimum absolute atomic E-state index is 0.179. The lowest BCUT2D eigenvalue weighted by molar-refractivity contribution is 0.242. The molecule has 0 unspecified atom stereocenters. The fourth-order valence-corrected chi connectivity index (χ4v) is 2.92. The molecule has 2 aromatic carbocycles. The molecule has 0 aliphatic rings. The van der Waals surface area contributed by atoms with Crippen LogP contribution in [0.1, 0.15) is 13.8 Å².